The van der Waals surface area contributed by atoms with E-state index in [-0.39, 0.29) is 18.7 Å². The summed E-state index contributed by atoms with van der Waals surface area (Å²) < 4.78 is 0. The second-order valence-electron chi connectivity index (χ2n) is 4.79. The Morgan fingerprint density at radius 1 is 1.41 bits per heavy atom. The highest BCUT2D eigenvalue weighted by atomic mass is 16.3. The number of carbonyl (C=O) groups is 2. The predicted molar refractivity (Wildman–Crippen MR) is 64.3 cm³/mol. The first-order valence-corrected chi connectivity index (χ1v) is 6.28. The Labute approximate surface area is 102 Å². The molecule has 1 heterocycles. The van der Waals surface area contributed by atoms with Crippen LogP contribution in [-0.2, 0) is 9.59 Å². The maximum absolute atomic E-state index is 12.0. The molecule has 1 rings (SSSR count). The van der Waals surface area contributed by atoms with Crippen molar-refractivity contribution in [1.29, 1.82) is 0 Å². The third kappa shape index (κ3) is 4.00. The molecule has 1 atom stereocenters. The fourth-order valence-electron chi connectivity index (χ4n) is 2.17. The van der Waals surface area contributed by atoms with Gasteiger partial charge in [0.2, 0.25) is 0 Å². The molecule has 1 aliphatic heterocycles. The van der Waals surface area contributed by atoms with Crippen LogP contribution in [0.25, 0.3) is 0 Å². The minimum Gasteiger partial charge on any atom is -0.396 e. The summed E-state index contributed by atoms with van der Waals surface area (Å²) in [5.41, 5.74) is 0. The number of hydrogen-bond donors (Lipinski definition) is 2. The van der Waals surface area contributed by atoms with E-state index in [2.05, 4.69) is 5.32 Å². The maximum atomic E-state index is 12.0. The third-order valence-electron chi connectivity index (χ3n) is 2.96. The lowest BCUT2D eigenvalue weighted by molar-refractivity contribution is -0.148. The zero-order valence-corrected chi connectivity index (χ0v) is 10.6. The second kappa shape index (κ2) is 6.59. The SMILES string of the molecule is CC(C)NC(=O)C(=O)N1CCCCC1CCO. The summed E-state index contributed by atoms with van der Waals surface area (Å²) in [6.45, 7) is 4.33. The number of nitrogens with zero attached hydrogens (tertiary/aromatic N) is 1. The predicted octanol–water partition coefficient (Wildman–Crippen LogP) is 0.274. The zero-order chi connectivity index (χ0) is 12.8. The van der Waals surface area contributed by atoms with Gasteiger partial charge in [-0.05, 0) is 39.5 Å². The summed E-state index contributed by atoms with van der Waals surface area (Å²) in [7, 11) is 0. The summed E-state index contributed by atoms with van der Waals surface area (Å²) in [6.07, 6.45) is 3.42. The highest BCUT2D eigenvalue weighted by Gasteiger charge is 2.30. The van der Waals surface area contributed by atoms with Gasteiger partial charge in [-0.3, -0.25) is 9.59 Å². The second-order valence-corrected chi connectivity index (χ2v) is 4.79. The van der Waals surface area contributed by atoms with Crippen LogP contribution in [0.4, 0.5) is 0 Å². The first kappa shape index (κ1) is 14.0. The Balaban J connectivity index is 2.61. The average molecular weight is 242 g/mol. The van der Waals surface area contributed by atoms with Crippen molar-refractivity contribution in [3.05, 3.63) is 0 Å². The van der Waals surface area contributed by atoms with Crippen molar-refractivity contribution in [1.82, 2.24) is 10.2 Å². The van der Waals surface area contributed by atoms with Crippen LogP contribution in [0, 0.1) is 0 Å². The standard InChI is InChI=1S/C12H22N2O3/c1-9(2)13-11(16)12(17)14-7-4-3-5-10(14)6-8-15/h9-10,15H,3-8H2,1-2H3,(H,13,16). The fraction of sp³-hybridized carbons (Fsp3) is 0.833. The molecule has 5 nitrogen and oxygen atoms in total. The zero-order valence-electron chi connectivity index (χ0n) is 10.6. The Morgan fingerprint density at radius 2 is 2.12 bits per heavy atom. The summed E-state index contributed by atoms with van der Waals surface area (Å²) in [4.78, 5) is 25.2. The largest absolute Gasteiger partial charge is 0.396 e. The average Bonchev–Trinajstić information content (AvgIpc) is 2.28. The summed E-state index contributed by atoms with van der Waals surface area (Å²) in [5, 5.41) is 11.6. The van der Waals surface area contributed by atoms with E-state index in [0.29, 0.717) is 13.0 Å². The maximum Gasteiger partial charge on any atom is 0.312 e. The van der Waals surface area contributed by atoms with Gasteiger partial charge >= 0.3 is 11.8 Å². The van der Waals surface area contributed by atoms with Crippen molar-refractivity contribution in [2.24, 2.45) is 0 Å². The molecule has 2 N–H and O–H groups in total. The molecule has 0 aromatic carbocycles. The first-order valence-electron chi connectivity index (χ1n) is 6.28. The molecule has 0 aliphatic carbocycles. The van der Waals surface area contributed by atoms with Crippen LogP contribution in [0.1, 0.15) is 39.5 Å². The van der Waals surface area contributed by atoms with Crippen LogP contribution >= 0.6 is 0 Å². The molecule has 0 aromatic heterocycles. The molecule has 0 radical (unpaired) electrons. The van der Waals surface area contributed by atoms with Crippen molar-refractivity contribution in [3.63, 3.8) is 0 Å². The van der Waals surface area contributed by atoms with E-state index in [0.717, 1.165) is 19.3 Å². The van der Waals surface area contributed by atoms with Gasteiger partial charge in [0.05, 0.1) is 0 Å². The monoisotopic (exact) mass is 242 g/mol. The molecule has 0 saturated carbocycles. The topological polar surface area (TPSA) is 69.6 Å². The molecule has 17 heavy (non-hydrogen) atoms. The van der Waals surface area contributed by atoms with Gasteiger partial charge in [0, 0.05) is 25.2 Å². The van der Waals surface area contributed by atoms with Gasteiger partial charge in [-0.25, -0.2) is 0 Å². The van der Waals surface area contributed by atoms with Gasteiger partial charge in [0.25, 0.3) is 0 Å². The van der Waals surface area contributed by atoms with E-state index in [9.17, 15) is 9.59 Å². The molecule has 1 fully saturated rings. The minimum absolute atomic E-state index is 0.0131. The number of aliphatic hydroxyl groups excluding tert-OH is 1. The van der Waals surface area contributed by atoms with E-state index >= 15 is 0 Å². The molecule has 5 heteroatoms. The Kier molecular flexibility index (Phi) is 5.41. The Hall–Kier alpha value is -1.10. The molecule has 0 aromatic rings. The lowest BCUT2D eigenvalue weighted by Gasteiger charge is -2.35. The summed E-state index contributed by atoms with van der Waals surface area (Å²) in [5.74, 6) is -0.998. The quantitative estimate of drug-likeness (QED) is 0.698. The van der Waals surface area contributed by atoms with Crippen molar-refractivity contribution < 1.29 is 14.7 Å². The Morgan fingerprint density at radius 3 is 2.71 bits per heavy atom. The van der Waals surface area contributed by atoms with Crippen LogP contribution in [0.15, 0.2) is 0 Å². The van der Waals surface area contributed by atoms with Gasteiger partial charge in [0.1, 0.15) is 0 Å². The molecule has 1 saturated heterocycles. The summed E-state index contributed by atoms with van der Waals surface area (Å²) >= 11 is 0. The minimum atomic E-state index is -0.537. The number of aliphatic hydroxyl groups is 1. The normalized spacial score (nSPS) is 20.5. The molecular formula is C12H22N2O3. The number of carbonyl (C=O) groups excluding carboxylic acids is 2. The van der Waals surface area contributed by atoms with Gasteiger partial charge in [-0.1, -0.05) is 0 Å². The molecule has 1 unspecified atom stereocenters. The van der Waals surface area contributed by atoms with Crippen molar-refractivity contribution in [2.45, 2.75) is 51.6 Å². The number of hydrogen-bond acceptors (Lipinski definition) is 3. The van der Waals surface area contributed by atoms with Gasteiger partial charge in [-0.2, -0.15) is 0 Å². The van der Waals surface area contributed by atoms with E-state index in [4.69, 9.17) is 5.11 Å². The summed E-state index contributed by atoms with van der Waals surface area (Å²) in [6, 6.07) is -0.0216. The third-order valence-corrected chi connectivity index (χ3v) is 2.96. The first-order chi connectivity index (χ1) is 8.06. The Bertz CT molecular complexity index is 277. The number of amides is 2. The van der Waals surface area contributed by atoms with E-state index < -0.39 is 11.8 Å². The number of likely N-dealkylation sites (tertiary alicyclic amines) is 1. The van der Waals surface area contributed by atoms with E-state index in [1.54, 1.807) is 4.90 Å². The molecular weight excluding hydrogens is 220 g/mol. The number of piperidine rings is 1. The molecule has 1 aliphatic rings. The van der Waals surface area contributed by atoms with Crippen molar-refractivity contribution >= 4 is 11.8 Å². The fourth-order valence-corrected chi connectivity index (χ4v) is 2.17. The van der Waals surface area contributed by atoms with Crippen molar-refractivity contribution in [3.8, 4) is 0 Å². The highest BCUT2D eigenvalue weighted by molar-refractivity contribution is 6.35. The molecule has 2 amide bonds. The molecule has 98 valence electrons. The van der Waals surface area contributed by atoms with Crippen LogP contribution in [0.3, 0.4) is 0 Å². The van der Waals surface area contributed by atoms with Crippen LogP contribution < -0.4 is 5.32 Å². The molecule has 0 bridgehead atoms. The van der Waals surface area contributed by atoms with Gasteiger partial charge in [-0.15, -0.1) is 0 Å². The molecule has 0 spiro atoms. The van der Waals surface area contributed by atoms with E-state index in [1.807, 2.05) is 13.8 Å². The van der Waals surface area contributed by atoms with Crippen LogP contribution in [0.2, 0.25) is 0 Å². The number of rotatable bonds is 3. The van der Waals surface area contributed by atoms with Crippen LogP contribution in [0.5, 0.6) is 0 Å². The van der Waals surface area contributed by atoms with Crippen LogP contribution in [-0.4, -0.2) is 47.1 Å². The van der Waals surface area contributed by atoms with Gasteiger partial charge < -0.3 is 15.3 Å². The lowest BCUT2D eigenvalue weighted by Crippen LogP contribution is -2.51. The highest BCUT2D eigenvalue weighted by Crippen LogP contribution is 2.19. The van der Waals surface area contributed by atoms with Crippen molar-refractivity contribution in [2.75, 3.05) is 13.2 Å². The van der Waals surface area contributed by atoms with Gasteiger partial charge in [0.15, 0.2) is 0 Å². The van der Waals surface area contributed by atoms with E-state index in [1.165, 1.54) is 0 Å². The lowest BCUT2D eigenvalue weighted by atomic mass is 9.99. The smallest absolute Gasteiger partial charge is 0.312 e. The number of nitrogens with one attached hydrogen (secondary N) is 1.